The van der Waals surface area contributed by atoms with Crippen molar-refractivity contribution in [1.82, 2.24) is 5.32 Å². The zero-order valence-corrected chi connectivity index (χ0v) is 8.77. The van der Waals surface area contributed by atoms with E-state index in [0.29, 0.717) is 0 Å². The van der Waals surface area contributed by atoms with E-state index in [9.17, 15) is 0 Å². The maximum absolute atomic E-state index is 3.46. The molecule has 0 heterocycles. The summed E-state index contributed by atoms with van der Waals surface area (Å²) in [7, 11) is 2.11. The molecule has 1 N–H and O–H groups in total. The first-order valence-electron chi connectivity index (χ1n) is 5.50. The molecule has 3 atom stereocenters. The lowest BCUT2D eigenvalue weighted by Gasteiger charge is -2.26. The van der Waals surface area contributed by atoms with Crippen LogP contribution in [0.25, 0.3) is 0 Å². The molecular weight excluding hydrogens is 146 g/mol. The first-order valence-corrected chi connectivity index (χ1v) is 5.50. The highest BCUT2D eigenvalue weighted by atomic mass is 14.9. The zero-order chi connectivity index (χ0) is 8.97. The summed E-state index contributed by atoms with van der Waals surface area (Å²) in [5.74, 6) is 1.97. The summed E-state index contributed by atoms with van der Waals surface area (Å²) < 4.78 is 0. The molecule has 1 aliphatic carbocycles. The second-order valence-electron chi connectivity index (χ2n) is 4.07. The van der Waals surface area contributed by atoms with Gasteiger partial charge in [-0.15, -0.1) is 0 Å². The van der Waals surface area contributed by atoms with Crippen molar-refractivity contribution in [2.75, 3.05) is 7.05 Å². The normalized spacial score (nSPS) is 32.2. The van der Waals surface area contributed by atoms with Gasteiger partial charge >= 0.3 is 0 Å². The van der Waals surface area contributed by atoms with E-state index in [-0.39, 0.29) is 0 Å². The van der Waals surface area contributed by atoms with Crippen LogP contribution < -0.4 is 5.32 Å². The largest absolute Gasteiger partial charge is 0.317 e. The van der Waals surface area contributed by atoms with E-state index in [2.05, 4.69) is 26.2 Å². The van der Waals surface area contributed by atoms with Gasteiger partial charge in [0, 0.05) is 6.04 Å². The third kappa shape index (κ3) is 2.01. The molecule has 1 fully saturated rings. The minimum atomic E-state index is 0.775. The van der Waals surface area contributed by atoms with E-state index >= 15 is 0 Å². The fourth-order valence-electron chi connectivity index (χ4n) is 2.82. The lowest BCUT2D eigenvalue weighted by molar-refractivity contribution is 0.281. The molecule has 0 aromatic heterocycles. The van der Waals surface area contributed by atoms with Gasteiger partial charge in [-0.2, -0.15) is 0 Å². The van der Waals surface area contributed by atoms with Crippen molar-refractivity contribution in [3.8, 4) is 0 Å². The number of hydrogen-bond donors (Lipinski definition) is 1. The highest BCUT2D eigenvalue weighted by molar-refractivity contribution is 4.84. The van der Waals surface area contributed by atoms with Crippen molar-refractivity contribution >= 4 is 0 Å². The Morgan fingerprint density at radius 2 is 2.08 bits per heavy atom. The minimum absolute atomic E-state index is 0.775. The van der Waals surface area contributed by atoms with Crippen molar-refractivity contribution in [2.45, 2.75) is 52.0 Å². The molecule has 1 heteroatoms. The molecule has 0 aromatic carbocycles. The van der Waals surface area contributed by atoms with E-state index in [1.165, 1.54) is 32.1 Å². The standard InChI is InChI=1S/C11H23N/c1-4-9-7-6-8-10(9)11(5-2)12-3/h9-12H,4-8H2,1-3H3. The van der Waals surface area contributed by atoms with Crippen LogP contribution in [-0.4, -0.2) is 13.1 Å². The molecule has 1 nitrogen and oxygen atoms in total. The summed E-state index contributed by atoms with van der Waals surface area (Å²) in [6, 6.07) is 0.775. The van der Waals surface area contributed by atoms with Crippen LogP contribution in [0.15, 0.2) is 0 Å². The molecular formula is C11H23N. The molecule has 0 aromatic rings. The molecule has 1 aliphatic rings. The number of hydrogen-bond acceptors (Lipinski definition) is 1. The lowest BCUT2D eigenvalue weighted by atomic mass is 9.86. The van der Waals surface area contributed by atoms with Crippen LogP contribution in [0.3, 0.4) is 0 Å². The van der Waals surface area contributed by atoms with E-state index < -0.39 is 0 Å². The van der Waals surface area contributed by atoms with E-state index in [1.807, 2.05) is 0 Å². The zero-order valence-electron chi connectivity index (χ0n) is 8.77. The highest BCUT2D eigenvalue weighted by Crippen LogP contribution is 2.36. The average molecular weight is 169 g/mol. The number of rotatable bonds is 4. The molecule has 0 bridgehead atoms. The van der Waals surface area contributed by atoms with Crippen LogP contribution in [0, 0.1) is 11.8 Å². The molecule has 0 aliphatic heterocycles. The van der Waals surface area contributed by atoms with Crippen molar-refractivity contribution < 1.29 is 0 Å². The Labute approximate surface area is 76.9 Å². The monoisotopic (exact) mass is 169 g/mol. The fraction of sp³-hybridized carbons (Fsp3) is 1.00. The maximum atomic E-state index is 3.46. The van der Waals surface area contributed by atoms with Gasteiger partial charge in [-0.25, -0.2) is 0 Å². The quantitative estimate of drug-likeness (QED) is 0.682. The summed E-state index contributed by atoms with van der Waals surface area (Å²) in [5.41, 5.74) is 0. The molecule has 0 amide bonds. The van der Waals surface area contributed by atoms with Crippen LogP contribution in [0.5, 0.6) is 0 Å². The third-order valence-corrected chi connectivity index (χ3v) is 3.57. The molecule has 0 radical (unpaired) electrons. The predicted octanol–water partition coefficient (Wildman–Crippen LogP) is 2.81. The molecule has 0 spiro atoms. The van der Waals surface area contributed by atoms with Crippen LogP contribution in [0.2, 0.25) is 0 Å². The Bertz CT molecular complexity index is 118. The van der Waals surface area contributed by atoms with Crippen molar-refractivity contribution in [2.24, 2.45) is 11.8 Å². The molecule has 0 saturated heterocycles. The van der Waals surface area contributed by atoms with Gasteiger partial charge in [0.25, 0.3) is 0 Å². The first kappa shape index (κ1) is 10.0. The van der Waals surface area contributed by atoms with Crippen LogP contribution >= 0.6 is 0 Å². The van der Waals surface area contributed by atoms with E-state index in [0.717, 1.165) is 17.9 Å². The minimum Gasteiger partial charge on any atom is -0.317 e. The fourth-order valence-corrected chi connectivity index (χ4v) is 2.82. The van der Waals surface area contributed by atoms with Crippen molar-refractivity contribution in [1.29, 1.82) is 0 Å². The SMILES string of the molecule is CCC1CCCC1C(CC)NC. The van der Waals surface area contributed by atoms with Crippen molar-refractivity contribution in [3.63, 3.8) is 0 Å². The Morgan fingerprint density at radius 1 is 1.33 bits per heavy atom. The molecule has 1 saturated carbocycles. The van der Waals surface area contributed by atoms with Crippen LogP contribution in [0.4, 0.5) is 0 Å². The highest BCUT2D eigenvalue weighted by Gasteiger charge is 2.30. The molecule has 3 unspecified atom stereocenters. The first-order chi connectivity index (χ1) is 5.83. The van der Waals surface area contributed by atoms with Gasteiger partial charge in [0.15, 0.2) is 0 Å². The summed E-state index contributed by atoms with van der Waals surface area (Å²) in [4.78, 5) is 0. The van der Waals surface area contributed by atoms with E-state index in [1.54, 1.807) is 0 Å². The predicted molar refractivity (Wildman–Crippen MR) is 54.3 cm³/mol. The summed E-state index contributed by atoms with van der Waals surface area (Å²) in [6.07, 6.45) is 7.05. The van der Waals surface area contributed by atoms with Gasteiger partial charge in [-0.1, -0.05) is 33.1 Å². The number of nitrogens with one attached hydrogen (secondary N) is 1. The van der Waals surface area contributed by atoms with Gasteiger partial charge in [0.2, 0.25) is 0 Å². The lowest BCUT2D eigenvalue weighted by Crippen LogP contribution is -2.34. The Balaban J connectivity index is 2.47. The van der Waals surface area contributed by atoms with Crippen LogP contribution in [0.1, 0.15) is 46.0 Å². The smallest absolute Gasteiger partial charge is 0.00923 e. The van der Waals surface area contributed by atoms with Gasteiger partial charge in [-0.05, 0) is 31.7 Å². The Hall–Kier alpha value is -0.0400. The van der Waals surface area contributed by atoms with E-state index in [4.69, 9.17) is 0 Å². The molecule has 72 valence electrons. The molecule has 1 rings (SSSR count). The second-order valence-corrected chi connectivity index (χ2v) is 4.07. The summed E-state index contributed by atoms with van der Waals surface area (Å²) >= 11 is 0. The van der Waals surface area contributed by atoms with Gasteiger partial charge in [-0.3, -0.25) is 0 Å². The summed E-state index contributed by atoms with van der Waals surface area (Å²) in [6.45, 7) is 4.64. The van der Waals surface area contributed by atoms with Gasteiger partial charge in [0.05, 0.1) is 0 Å². The summed E-state index contributed by atoms with van der Waals surface area (Å²) in [5, 5.41) is 3.46. The average Bonchev–Trinajstić information content (AvgIpc) is 2.55. The van der Waals surface area contributed by atoms with Gasteiger partial charge in [0.1, 0.15) is 0 Å². The second kappa shape index (κ2) is 4.86. The maximum Gasteiger partial charge on any atom is 0.00923 e. The van der Waals surface area contributed by atoms with Crippen LogP contribution in [-0.2, 0) is 0 Å². The topological polar surface area (TPSA) is 12.0 Å². The molecule has 12 heavy (non-hydrogen) atoms. The third-order valence-electron chi connectivity index (χ3n) is 3.57. The van der Waals surface area contributed by atoms with Crippen molar-refractivity contribution in [3.05, 3.63) is 0 Å². The Morgan fingerprint density at radius 3 is 2.58 bits per heavy atom. The van der Waals surface area contributed by atoms with Gasteiger partial charge < -0.3 is 5.32 Å². The Kier molecular flexibility index (Phi) is 4.07.